The highest BCUT2D eigenvalue weighted by Crippen LogP contribution is 2.32. The number of amides is 1. The molecule has 11 heteroatoms. The number of nitrogens with zero attached hydrogens (tertiary/aromatic N) is 2. The average molecular weight is 668 g/mol. The van der Waals surface area contributed by atoms with Crippen molar-refractivity contribution in [2.24, 2.45) is 4.99 Å². The molecule has 0 fully saturated rings. The number of rotatable bonds is 9. The number of aryl methyl sites for hydroxylation is 1. The van der Waals surface area contributed by atoms with E-state index in [-0.39, 0.29) is 23.8 Å². The Hall–Kier alpha value is -5.55. The molecule has 0 radical (unpaired) electrons. The zero-order chi connectivity index (χ0) is 33.9. The molecule has 0 spiro atoms. The van der Waals surface area contributed by atoms with Crippen LogP contribution in [0.2, 0.25) is 0 Å². The molecule has 0 saturated heterocycles. The lowest BCUT2D eigenvalue weighted by Crippen LogP contribution is -2.40. The summed E-state index contributed by atoms with van der Waals surface area (Å²) in [7, 11) is 3.07. The molecule has 244 valence electrons. The Balaban J connectivity index is 1.41. The maximum absolute atomic E-state index is 14.2. The molecule has 0 aliphatic carbocycles. The number of nitrogens with one attached hydrogen (secondary N) is 1. The van der Waals surface area contributed by atoms with E-state index in [1.165, 1.54) is 24.5 Å². The highest BCUT2D eigenvalue weighted by atomic mass is 32.1. The van der Waals surface area contributed by atoms with Crippen molar-refractivity contribution in [2.45, 2.75) is 26.5 Å². The fraction of sp³-hybridized carbons (Fsp3) is 0.162. The van der Waals surface area contributed by atoms with Gasteiger partial charge in [-0.15, -0.1) is 0 Å². The number of allylic oxidation sites excluding steroid dienone is 1. The predicted molar refractivity (Wildman–Crippen MR) is 180 cm³/mol. The lowest BCUT2D eigenvalue weighted by molar-refractivity contribution is -0.113. The molecular weight excluding hydrogens is 636 g/mol. The van der Waals surface area contributed by atoms with Crippen molar-refractivity contribution in [1.82, 2.24) is 4.57 Å². The number of para-hydroxylation sites is 1. The number of carbonyl (C=O) groups is 1. The van der Waals surface area contributed by atoms with Crippen LogP contribution in [-0.2, 0) is 11.4 Å². The van der Waals surface area contributed by atoms with E-state index >= 15 is 0 Å². The van der Waals surface area contributed by atoms with Crippen molar-refractivity contribution >= 4 is 29.0 Å². The number of methoxy groups -OCH3 is 2. The number of hydrogen-bond acceptors (Lipinski definition) is 7. The summed E-state index contributed by atoms with van der Waals surface area (Å²) in [5.41, 5.74) is 4.04. The number of carbonyl (C=O) groups excluding carboxylic acids is 1. The number of anilines is 1. The van der Waals surface area contributed by atoms with Crippen LogP contribution in [0.25, 0.3) is 6.08 Å². The molecule has 1 aliphatic rings. The van der Waals surface area contributed by atoms with E-state index in [4.69, 9.17) is 19.2 Å². The Morgan fingerprint density at radius 1 is 0.958 bits per heavy atom. The van der Waals surface area contributed by atoms with E-state index < -0.39 is 17.7 Å². The maximum Gasteiger partial charge on any atom is 0.271 e. The molecule has 6 rings (SSSR count). The highest BCUT2D eigenvalue weighted by Gasteiger charge is 2.32. The molecule has 1 amide bonds. The van der Waals surface area contributed by atoms with Gasteiger partial charge in [0.1, 0.15) is 23.9 Å². The van der Waals surface area contributed by atoms with Gasteiger partial charge in [-0.3, -0.25) is 14.2 Å². The lowest BCUT2D eigenvalue weighted by Gasteiger charge is -2.25. The second-order valence-electron chi connectivity index (χ2n) is 11.1. The van der Waals surface area contributed by atoms with Gasteiger partial charge in [0, 0.05) is 17.3 Å². The van der Waals surface area contributed by atoms with Crippen LogP contribution < -0.4 is 34.4 Å². The summed E-state index contributed by atoms with van der Waals surface area (Å²) in [4.78, 5) is 33.3. The quantitative estimate of drug-likeness (QED) is 0.207. The zero-order valence-corrected chi connectivity index (χ0v) is 27.4. The molecule has 0 saturated carbocycles. The van der Waals surface area contributed by atoms with Gasteiger partial charge in [-0.2, -0.15) is 0 Å². The van der Waals surface area contributed by atoms with Crippen LogP contribution in [0.5, 0.6) is 17.2 Å². The molecule has 48 heavy (non-hydrogen) atoms. The molecule has 1 N–H and O–H groups in total. The van der Waals surface area contributed by atoms with Gasteiger partial charge in [0.15, 0.2) is 16.4 Å². The van der Waals surface area contributed by atoms with Gasteiger partial charge in [-0.25, -0.2) is 13.8 Å². The van der Waals surface area contributed by atoms with Crippen LogP contribution in [0.1, 0.15) is 35.2 Å². The van der Waals surface area contributed by atoms with E-state index in [1.807, 2.05) is 43.3 Å². The summed E-state index contributed by atoms with van der Waals surface area (Å²) >= 11 is 1.21. The minimum absolute atomic E-state index is 0.0648. The SMILES string of the molecule is COc1ccc([C@H]2C(C(=O)Nc3ccccc3C)=C(C)N=c3sc(=Cc4ccc(OC)c(COc5ccc(F)cc5F)c4)c(=O)n32)cc1. The summed E-state index contributed by atoms with van der Waals surface area (Å²) in [5.74, 6) is -0.856. The average Bonchev–Trinajstić information content (AvgIpc) is 3.38. The first-order valence-electron chi connectivity index (χ1n) is 14.9. The molecular formula is C37H31F2N3O5S. The van der Waals surface area contributed by atoms with Crippen LogP contribution in [0.4, 0.5) is 14.5 Å². The monoisotopic (exact) mass is 667 g/mol. The molecule has 1 aromatic heterocycles. The Bertz CT molecular complexity index is 2240. The van der Waals surface area contributed by atoms with Gasteiger partial charge in [0.25, 0.3) is 11.5 Å². The van der Waals surface area contributed by atoms with E-state index in [2.05, 4.69) is 5.32 Å². The fourth-order valence-electron chi connectivity index (χ4n) is 5.52. The van der Waals surface area contributed by atoms with Crippen molar-refractivity contribution < 1.29 is 27.8 Å². The number of ether oxygens (including phenoxy) is 3. The van der Waals surface area contributed by atoms with Gasteiger partial charge >= 0.3 is 0 Å². The first kappa shape index (κ1) is 32.4. The minimum atomic E-state index is -0.820. The van der Waals surface area contributed by atoms with Crippen molar-refractivity contribution in [3.63, 3.8) is 0 Å². The van der Waals surface area contributed by atoms with Crippen LogP contribution in [0.3, 0.4) is 0 Å². The van der Waals surface area contributed by atoms with Gasteiger partial charge in [0.2, 0.25) is 0 Å². The molecule has 1 atom stereocenters. The van der Waals surface area contributed by atoms with Gasteiger partial charge in [-0.1, -0.05) is 47.7 Å². The third kappa shape index (κ3) is 6.50. The Kier molecular flexibility index (Phi) is 9.22. The van der Waals surface area contributed by atoms with Crippen molar-refractivity contribution in [2.75, 3.05) is 19.5 Å². The largest absolute Gasteiger partial charge is 0.497 e. The number of hydrogen-bond donors (Lipinski definition) is 1. The molecule has 1 aliphatic heterocycles. The molecule has 4 aromatic carbocycles. The second kappa shape index (κ2) is 13.7. The summed E-state index contributed by atoms with van der Waals surface area (Å²) in [6.07, 6.45) is 1.72. The lowest BCUT2D eigenvalue weighted by atomic mass is 9.95. The zero-order valence-electron chi connectivity index (χ0n) is 26.5. The number of aromatic nitrogens is 1. The third-order valence-corrected chi connectivity index (χ3v) is 8.95. The molecule has 0 unspecified atom stereocenters. The third-order valence-electron chi connectivity index (χ3n) is 7.97. The van der Waals surface area contributed by atoms with E-state index in [1.54, 1.807) is 55.0 Å². The topological polar surface area (TPSA) is 91.2 Å². The molecule has 8 nitrogen and oxygen atoms in total. The summed E-state index contributed by atoms with van der Waals surface area (Å²) < 4.78 is 46.0. The van der Waals surface area contributed by atoms with Gasteiger partial charge in [0.05, 0.1) is 36.1 Å². The number of halogens is 2. The Morgan fingerprint density at radius 3 is 2.42 bits per heavy atom. The molecule has 5 aromatic rings. The van der Waals surface area contributed by atoms with Gasteiger partial charge < -0.3 is 19.5 Å². The van der Waals surface area contributed by atoms with Crippen molar-refractivity contribution in [3.8, 4) is 17.2 Å². The molecule has 0 bridgehead atoms. The fourth-order valence-corrected chi connectivity index (χ4v) is 6.56. The van der Waals surface area contributed by atoms with Crippen molar-refractivity contribution in [1.29, 1.82) is 0 Å². The standard InChI is InChI=1S/C37H31F2N3O5S/c1-21-7-5-6-8-29(21)41-35(43)33-22(2)40-37-42(34(33)24-10-13-27(45-3)14-11-24)36(44)32(48-37)18-23-9-15-30(46-4)25(17-23)20-47-31-16-12-26(38)19-28(31)39/h5-19,34H,20H2,1-4H3,(H,41,43)/t34-/m0/s1. The van der Waals surface area contributed by atoms with E-state index in [0.717, 1.165) is 17.7 Å². The minimum Gasteiger partial charge on any atom is -0.497 e. The highest BCUT2D eigenvalue weighted by molar-refractivity contribution is 7.07. The van der Waals surface area contributed by atoms with Crippen LogP contribution >= 0.6 is 11.3 Å². The molecule has 2 heterocycles. The van der Waals surface area contributed by atoms with Crippen molar-refractivity contribution in [3.05, 3.63) is 150 Å². The predicted octanol–water partition coefficient (Wildman–Crippen LogP) is 6.06. The maximum atomic E-state index is 14.2. The first-order valence-corrected chi connectivity index (χ1v) is 15.8. The van der Waals surface area contributed by atoms with E-state index in [0.29, 0.717) is 54.5 Å². The summed E-state index contributed by atoms with van der Waals surface area (Å²) in [5, 5.41) is 3.01. The summed E-state index contributed by atoms with van der Waals surface area (Å²) in [6.45, 7) is 3.61. The summed E-state index contributed by atoms with van der Waals surface area (Å²) in [6, 6.07) is 22.3. The first-order chi connectivity index (χ1) is 23.2. The number of thiazole rings is 1. The number of fused-ring (bicyclic) bond motifs is 1. The van der Waals surface area contributed by atoms with Crippen LogP contribution in [-0.4, -0.2) is 24.7 Å². The normalized spacial score (nSPS) is 14.3. The second-order valence-corrected chi connectivity index (χ2v) is 12.1. The Labute approximate surface area is 278 Å². The van der Waals surface area contributed by atoms with E-state index in [9.17, 15) is 18.4 Å². The van der Waals surface area contributed by atoms with Crippen LogP contribution in [0.15, 0.2) is 106 Å². The Morgan fingerprint density at radius 2 is 1.71 bits per heavy atom. The smallest absolute Gasteiger partial charge is 0.271 e. The van der Waals surface area contributed by atoms with Gasteiger partial charge in [-0.05, 0) is 79.1 Å². The van der Waals surface area contributed by atoms with Crippen LogP contribution in [0, 0.1) is 18.6 Å². The number of benzene rings is 4.